The first-order chi connectivity index (χ1) is 20.5. The van der Waals surface area contributed by atoms with E-state index in [1.54, 1.807) is 13.3 Å². The largest absolute Gasteiger partial charge is 0.493 e. The number of para-hydroxylation sites is 3. The van der Waals surface area contributed by atoms with Crippen molar-refractivity contribution < 1.29 is 9.47 Å². The maximum Gasteiger partial charge on any atom is 0.287 e. The molecule has 11 heteroatoms. The van der Waals surface area contributed by atoms with Gasteiger partial charge in [0.05, 0.1) is 29.7 Å². The smallest absolute Gasteiger partial charge is 0.287 e. The summed E-state index contributed by atoms with van der Waals surface area (Å²) in [5.41, 5.74) is 1.62. The predicted octanol–water partition coefficient (Wildman–Crippen LogP) is 4.36. The molecule has 5 rings (SSSR count). The van der Waals surface area contributed by atoms with Crippen LogP contribution in [0.4, 0.5) is 11.4 Å². The summed E-state index contributed by atoms with van der Waals surface area (Å²) < 4.78 is 12.8. The summed E-state index contributed by atoms with van der Waals surface area (Å²) >= 11 is 12.9. The Bertz CT molecular complexity index is 1360. The molecule has 0 bridgehead atoms. The number of aryl methyl sites for hydroxylation is 1. The minimum Gasteiger partial charge on any atom is -0.493 e. The molecular weight excluding hydrogens is 575 g/mol. The number of anilines is 2. The molecule has 0 atom stereocenters. The fourth-order valence-corrected chi connectivity index (χ4v) is 6.11. The third-order valence-corrected chi connectivity index (χ3v) is 8.75. The van der Waals surface area contributed by atoms with Crippen molar-refractivity contribution in [2.75, 3.05) is 89.0 Å². The topological polar surface area (TPSA) is 66.3 Å². The SMILES string of the molecule is COc1ccccc1OCCN1CCN(c2cnn(CCCCN3CCN(c4ccccc4Cl)CC3)c(=O)c2Cl)CC1. The predicted molar refractivity (Wildman–Crippen MR) is 170 cm³/mol. The molecule has 9 nitrogen and oxygen atoms in total. The highest BCUT2D eigenvalue weighted by Gasteiger charge is 2.22. The van der Waals surface area contributed by atoms with E-state index in [4.69, 9.17) is 32.7 Å². The fourth-order valence-electron chi connectivity index (χ4n) is 5.59. The van der Waals surface area contributed by atoms with Crippen molar-refractivity contribution >= 4 is 34.6 Å². The van der Waals surface area contributed by atoms with Gasteiger partial charge in [-0.15, -0.1) is 0 Å². The molecule has 0 N–H and O–H groups in total. The zero-order valence-electron chi connectivity index (χ0n) is 24.3. The Labute approximate surface area is 258 Å². The molecule has 1 aromatic heterocycles. The third-order valence-electron chi connectivity index (χ3n) is 8.07. The minimum atomic E-state index is -0.213. The maximum absolute atomic E-state index is 13.0. The highest BCUT2D eigenvalue weighted by molar-refractivity contribution is 6.33. The fraction of sp³-hybridized carbons (Fsp3) is 0.484. The summed E-state index contributed by atoms with van der Waals surface area (Å²) in [6.45, 7) is 10.2. The monoisotopic (exact) mass is 614 g/mol. The van der Waals surface area contributed by atoms with E-state index in [0.29, 0.717) is 13.2 Å². The normalized spacial score (nSPS) is 16.5. The number of nitrogens with zero attached hydrogens (tertiary/aromatic N) is 6. The number of piperazine rings is 2. The zero-order chi connectivity index (χ0) is 29.3. The number of rotatable bonds is 12. The molecule has 2 saturated heterocycles. The molecule has 226 valence electrons. The molecule has 3 aromatic rings. The van der Waals surface area contributed by atoms with Crippen LogP contribution in [0.15, 0.2) is 59.5 Å². The number of benzene rings is 2. The Morgan fingerprint density at radius 3 is 2.02 bits per heavy atom. The first kappa shape index (κ1) is 30.5. The number of methoxy groups -OCH3 is 1. The third kappa shape index (κ3) is 7.69. The standard InChI is InChI=1S/C31H40Cl2N6O3/c1-41-28-10-4-5-11-29(28)42-23-22-36-16-20-38(21-17-36)27-24-34-39(31(40)30(27)33)13-7-6-12-35-14-18-37(19-15-35)26-9-3-2-8-25(26)32/h2-5,8-11,24H,6-7,12-23H2,1H3. The lowest BCUT2D eigenvalue weighted by Crippen LogP contribution is -2.48. The summed E-state index contributed by atoms with van der Waals surface area (Å²) in [7, 11) is 1.65. The van der Waals surface area contributed by atoms with Gasteiger partial charge in [0.2, 0.25) is 0 Å². The van der Waals surface area contributed by atoms with Gasteiger partial charge in [-0.1, -0.05) is 47.5 Å². The second-order valence-electron chi connectivity index (χ2n) is 10.7. The van der Waals surface area contributed by atoms with E-state index in [2.05, 4.69) is 30.8 Å². The highest BCUT2D eigenvalue weighted by Crippen LogP contribution is 2.27. The van der Waals surface area contributed by atoms with E-state index in [1.807, 2.05) is 42.5 Å². The van der Waals surface area contributed by atoms with Gasteiger partial charge in [0.25, 0.3) is 5.56 Å². The van der Waals surface area contributed by atoms with Crippen LogP contribution in [0.3, 0.4) is 0 Å². The van der Waals surface area contributed by atoms with Crippen molar-refractivity contribution in [3.8, 4) is 11.5 Å². The van der Waals surface area contributed by atoms with Gasteiger partial charge in [-0.3, -0.25) is 14.6 Å². The van der Waals surface area contributed by atoms with E-state index < -0.39 is 0 Å². The zero-order valence-corrected chi connectivity index (χ0v) is 25.8. The first-order valence-corrected chi connectivity index (χ1v) is 15.5. The van der Waals surface area contributed by atoms with Crippen LogP contribution in [0.1, 0.15) is 12.8 Å². The van der Waals surface area contributed by atoms with Gasteiger partial charge in [-0.25, -0.2) is 4.68 Å². The van der Waals surface area contributed by atoms with Gasteiger partial charge >= 0.3 is 0 Å². The molecule has 2 aliphatic rings. The molecule has 3 heterocycles. The summed E-state index contributed by atoms with van der Waals surface area (Å²) in [6.07, 6.45) is 3.63. The maximum atomic E-state index is 13.0. The van der Waals surface area contributed by atoms with Crippen LogP contribution >= 0.6 is 23.2 Å². The van der Waals surface area contributed by atoms with E-state index in [-0.39, 0.29) is 10.6 Å². The van der Waals surface area contributed by atoms with Gasteiger partial charge in [0, 0.05) is 65.4 Å². The second kappa shape index (κ2) is 15.0. The quantitative estimate of drug-likeness (QED) is 0.279. The molecular formula is C31H40Cl2N6O3. The van der Waals surface area contributed by atoms with Crippen molar-refractivity contribution in [1.82, 2.24) is 19.6 Å². The van der Waals surface area contributed by atoms with Crippen molar-refractivity contribution in [3.63, 3.8) is 0 Å². The molecule has 2 fully saturated rings. The number of hydrogen-bond donors (Lipinski definition) is 0. The van der Waals surface area contributed by atoms with Gasteiger partial charge < -0.3 is 19.3 Å². The van der Waals surface area contributed by atoms with Crippen LogP contribution in [-0.2, 0) is 6.54 Å². The molecule has 2 aromatic carbocycles. The van der Waals surface area contributed by atoms with Crippen LogP contribution in [0.5, 0.6) is 11.5 Å². The number of hydrogen-bond acceptors (Lipinski definition) is 8. The van der Waals surface area contributed by atoms with Gasteiger partial charge in [0.15, 0.2) is 11.5 Å². The average molecular weight is 616 g/mol. The average Bonchev–Trinajstić information content (AvgIpc) is 3.02. The number of halogens is 2. The van der Waals surface area contributed by atoms with Crippen LogP contribution in [-0.4, -0.2) is 98.7 Å². The van der Waals surface area contributed by atoms with Crippen LogP contribution in [0, 0.1) is 0 Å². The lowest BCUT2D eigenvalue weighted by Gasteiger charge is -2.36. The molecule has 0 unspecified atom stereocenters. The number of ether oxygens (including phenoxy) is 2. The molecule has 2 aliphatic heterocycles. The number of aromatic nitrogens is 2. The highest BCUT2D eigenvalue weighted by atomic mass is 35.5. The molecule has 0 radical (unpaired) electrons. The Morgan fingerprint density at radius 2 is 1.33 bits per heavy atom. The second-order valence-corrected chi connectivity index (χ2v) is 11.5. The molecule has 0 amide bonds. The molecule has 0 spiro atoms. The Balaban J connectivity index is 1.02. The molecule has 0 saturated carbocycles. The first-order valence-electron chi connectivity index (χ1n) is 14.7. The summed E-state index contributed by atoms with van der Waals surface area (Å²) in [5.74, 6) is 1.49. The number of unbranched alkanes of at least 4 members (excludes halogenated alkanes) is 1. The van der Waals surface area contributed by atoms with Crippen LogP contribution in [0.25, 0.3) is 0 Å². The lowest BCUT2D eigenvalue weighted by molar-refractivity contribution is 0.197. The van der Waals surface area contributed by atoms with Crippen molar-refractivity contribution in [2.24, 2.45) is 0 Å². The molecule has 42 heavy (non-hydrogen) atoms. The lowest BCUT2D eigenvalue weighted by atomic mass is 10.2. The van der Waals surface area contributed by atoms with Crippen molar-refractivity contribution in [3.05, 3.63) is 75.1 Å². The van der Waals surface area contributed by atoms with Crippen molar-refractivity contribution in [1.29, 1.82) is 0 Å². The Morgan fingerprint density at radius 1 is 0.738 bits per heavy atom. The summed E-state index contributed by atoms with van der Waals surface area (Å²) in [4.78, 5) is 22.3. The van der Waals surface area contributed by atoms with Gasteiger partial charge in [0.1, 0.15) is 11.6 Å². The van der Waals surface area contributed by atoms with Crippen molar-refractivity contribution in [2.45, 2.75) is 19.4 Å². The van der Waals surface area contributed by atoms with E-state index >= 15 is 0 Å². The van der Waals surface area contributed by atoms with E-state index in [0.717, 1.165) is 106 Å². The van der Waals surface area contributed by atoms with E-state index in [1.165, 1.54) is 4.68 Å². The summed E-state index contributed by atoms with van der Waals surface area (Å²) in [5, 5.41) is 5.53. The van der Waals surface area contributed by atoms with Crippen LogP contribution < -0.4 is 24.8 Å². The van der Waals surface area contributed by atoms with Gasteiger partial charge in [-0.2, -0.15) is 5.10 Å². The van der Waals surface area contributed by atoms with Gasteiger partial charge in [-0.05, 0) is 43.7 Å². The molecule has 0 aliphatic carbocycles. The van der Waals surface area contributed by atoms with E-state index in [9.17, 15) is 4.79 Å². The Hall–Kier alpha value is -2.98. The Kier molecular flexibility index (Phi) is 10.9. The minimum absolute atomic E-state index is 0.213. The summed E-state index contributed by atoms with van der Waals surface area (Å²) in [6, 6.07) is 15.7. The van der Waals surface area contributed by atoms with Crippen LogP contribution in [0.2, 0.25) is 10.0 Å².